The van der Waals surface area contributed by atoms with Crippen LogP contribution >= 0.6 is 11.6 Å². The lowest BCUT2D eigenvalue weighted by Crippen LogP contribution is -2.04. The van der Waals surface area contributed by atoms with Gasteiger partial charge in [0.05, 0.1) is 0 Å². The molecule has 0 aromatic heterocycles. The van der Waals surface area contributed by atoms with Gasteiger partial charge < -0.3 is 5.73 Å². The van der Waals surface area contributed by atoms with Crippen molar-refractivity contribution in [1.29, 1.82) is 0 Å². The van der Waals surface area contributed by atoms with Gasteiger partial charge in [-0.1, -0.05) is 6.07 Å². The van der Waals surface area contributed by atoms with E-state index in [2.05, 4.69) is 0 Å². The van der Waals surface area contributed by atoms with Gasteiger partial charge in [0.1, 0.15) is 17.1 Å². The maximum Gasteiger partial charge on any atom is 0.132 e. The Hall–Kier alpha value is -0.670. The fourth-order valence-electron chi connectivity index (χ4n) is 0.725. The topological polar surface area (TPSA) is 26.0 Å². The Kier molecular flexibility index (Phi) is 2.42. The van der Waals surface area contributed by atoms with Crippen LogP contribution in [0.25, 0.3) is 0 Å². The van der Waals surface area contributed by atoms with Crippen LogP contribution in [0.4, 0.5) is 8.78 Å². The molecule has 1 unspecified atom stereocenters. The second-order valence-electron chi connectivity index (χ2n) is 2.07. The SMILES string of the molecule is NC(Cl)c1ccc(F)cc1F. The van der Waals surface area contributed by atoms with Crippen molar-refractivity contribution in [3.63, 3.8) is 0 Å². The maximum atomic E-state index is 12.7. The minimum Gasteiger partial charge on any atom is -0.311 e. The van der Waals surface area contributed by atoms with Crippen LogP contribution in [-0.4, -0.2) is 0 Å². The third-order valence-electron chi connectivity index (χ3n) is 1.26. The fraction of sp³-hybridized carbons (Fsp3) is 0.143. The maximum absolute atomic E-state index is 12.7. The first-order chi connectivity index (χ1) is 5.11. The average Bonchev–Trinajstić information content (AvgIpc) is 1.85. The minimum atomic E-state index is -0.921. The van der Waals surface area contributed by atoms with E-state index in [9.17, 15) is 8.78 Å². The first kappa shape index (κ1) is 8.43. The summed E-state index contributed by atoms with van der Waals surface area (Å²) in [6, 6.07) is 3.08. The average molecular weight is 178 g/mol. The lowest BCUT2D eigenvalue weighted by molar-refractivity contribution is 0.571. The molecule has 0 saturated heterocycles. The largest absolute Gasteiger partial charge is 0.311 e. The zero-order chi connectivity index (χ0) is 8.43. The van der Waals surface area contributed by atoms with Crippen molar-refractivity contribution in [2.75, 3.05) is 0 Å². The van der Waals surface area contributed by atoms with E-state index in [1.54, 1.807) is 0 Å². The number of hydrogen-bond donors (Lipinski definition) is 1. The summed E-state index contributed by atoms with van der Waals surface area (Å²) in [5.74, 6) is -1.35. The quantitative estimate of drug-likeness (QED) is 0.516. The number of benzene rings is 1. The summed E-state index contributed by atoms with van der Waals surface area (Å²) in [7, 11) is 0. The summed E-state index contributed by atoms with van der Waals surface area (Å²) in [5, 5.41) is 0. The molecule has 0 aliphatic heterocycles. The van der Waals surface area contributed by atoms with E-state index in [0.717, 1.165) is 12.1 Å². The molecule has 1 aromatic carbocycles. The lowest BCUT2D eigenvalue weighted by Gasteiger charge is -2.03. The summed E-state index contributed by atoms with van der Waals surface area (Å²) >= 11 is 5.38. The monoisotopic (exact) mass is 177 g/mol. The highest BCUT2D eigenvalue weighted by atomic mass is 35.5. The van der Waals surface area contributed by atoms with Crippen molar-refractivity contribution in [2.24, 2.45) is 5.73 Å². The second-order valence-corrected chi connectivity index (χ2v) is 2.54. The highest BCUT2D eigenvalue weighted by molar-refractivity contribution is 6.20. The van der Waals surface area contributed by atoms with Gasteiger partial charge in [-0.25, -0.2) is 8.78 Å². The van der Waals surface area contributed by atoms with E-state index >= 15 is 0 Å². The summed E-state index contributed by atoms with van der Waals surface area (Å²) in [4.78, 5) is 0. The molecule has 0 bridgehead atoms. The zero-order valence-corrected chi connectivity index (χ0v) is 6.28. The van der Waals surface area contributed by atoms with Crippen molar-refractivity contribution in [3.05, 3.63) is 35.4 Å². The molecule has 0 fully saturated rings. The number of alkyl halides is 1. The second kappa shape index (κ2) is 3.15. The molecule has 0 saturated carbocycles. The molecule has 60 valence electrons. The zero-order valence-electron chi connectivity index (χ0n) is 5.52. The highest BCUT2D eigenvalue weighted by Gasteiger charge is 2.08. The van der Waals surface area contributed by atoms with Gasteiger partial charge in [-0.15, -0.1) is 11.6 Å². The van der Waals surface area contributed by atoms with Crippen molar-refractivity contribution in [2.45, 2.75) is 5.50 Å². The molecule has 11 heavy (non-hydrogen) atoms. The summed E-state index contributed by atoms with van der Waals surface area (Å²) in [6.45, 7) is 0. The van der Waals surface area contributed by atoms with Crippen LogP contribution < -0.4 is 5.73 Å². The lowest BCUT2D eigenvalue weighted by atomic mass is 10.2. The Bertz CT molecular complexity index is 263. The minimum absolute atomic E-state index is 0.105. The Morgan fingerprint density at radius 1 is 1.36 bits per heavy atom. The normalized spacial score (nSPS) is 13.1. The van der Waals surface area contributed by atoms with Gasteiger partial charge in [0.2, 0.25) is 0 Å². The molecule has 4 heteroatoms. The van der Waals surface area contributed by atoms with Gasteiger partial charge >= 0.3 is 0 Å². The van der Waals surface area contributed by atoms with E-state index in [0.29, 0.717) is 0 Å². The van der Waals surface area contributed by atoms with Crippen LogP contribution in [0.3, 0.4) is 0 Å². The van der Waals surface area contributed by atoms with Crippen LogP contribution in [0.5, 0.6) is 0 Å². The molecule has 1 aromatic rings. The van der Waals surface area contributed by atoms with Crippen LogP contribution in [0.15, 0.2) is 18.2 Å². The molecule has 0 amide bonds. The van der Waals surface area contributed by atoms with Gasteiger partial charge in [0.25, 0.3) is 0 Å². The molecule has 1 atom stereocenters. The molecule has 0 heterocycles. The predicted molar refractivity (Wildman–Crippen MR) is 39.1 cm³/mol. The summed E-state index contributed by atoms with van der Waals surface area (Å²) in [5.41, 5.74) is 4.35. The number of nitrogens with two attached hydrogens (primary N) is 1. The Balaban J connectivity index is 3.09. The van der Waals surface area contributed by atoms with Crippen LogP contribution in [-0.2, 0) is 0 Å². The van der Waals surface area contributed by atoms with Gasteiger partial charge in [0.15, 0.2) is 0 Å². The first-order valence-corrected chi connectivity index (χ1v) is 3.39. The fourth-order valence-corrected chi connectivity index (χ4v) is 0.902. The van der Waals surface area contributed by atoms with E-state index in [1.165, 1.54) is 6.07 Å². The number of halogens is 3. The number of hydrogen-bond acceptors (Lipinski definition) is 1. The first-order valence-electron chi connectivity index (χ1n) is 2.96. The molecule has 0 aliphatic carbocycles. The van der Waals surface area contributed by atoms with Crippen molar-refractivity contribution in [3.8, 4) is 0 Å². The van der Waals surface area contributed by atoms with Crippen molar-refractivity contribution < 1.29 is 8.78 Å². The molecule has 0 spiro atoms. The Labute approximate surface area is 67.8 Å². The third-order valence-corrected chi connectivity index (χ3v) is 1.49. The van der Waals surface area contributed by atoms with Crippen LogP contribution in [0.2, 0.25) is 0 Å². The smallest absolute Gasteiger partial charge is 0.132 e. The van der Waals surface area contributed by atoms with E-state index < -0.39 is 17.1 Å². The van der Waals surface area contributed by atoms with Gasteiger partial charge in [-0.05, 0) is 6.07 Å². The molecular formula is C7H6ClF2N. The molecule has 2 N–H and O–H groups in total. The summed E-state index contributed by atoms with van der Waals surface area (Å²) < 4.78 is 25.0. The van der Waals surface area contributed by atoms with Crippen molar-refractivity contribution in [1.82, 2.24) is 0 Å². The van der Waals surface area contributed by atoms with Crippen LogP contribution in [0.1, 0.15) is 11.1 Å². The van der Waals surface area contributed by atoms with Crippen LogP contribution in [0, 0.1) is 11.6 Å². The summed E-state index contributed by atoms with van der Waals surface area (Å²) in [6.07, 6.45) is 0. The Morgan fingerprint density at radius 2 is 2.00 bits per heavy atom. The molecule has 0 radical (unpaired) electrons. The van der Waals surface area contributed by atoms with Gasteiger partial charge in [0, 0.05) is 11.6 Å². The highest BCUT2D eigenvalue weighted by Crippen LogP contribution is 2.18. The van der Waals surface area contributed by atoms with E-state index in [1.807, 2.05) is 0 Å². The molecular weight excluding hydrogens is 172 g/mol. The molecule has 1 rings (SSSR count). The standard InChI is InChI=1S/C7H6ClF2N/c8-7(11)5-2-1-4(9)3-6(5)10/h1-3,7H,11H2. The number of rotatable bonds is 1. The molecule has 0 aliphatic rings. The predicted octanol–water partition coefficient (Wildman–Crippen LogP) is 2.16. The van der Waals surface area contributed by atoms with Crippen molar-refractivity contribution >= 4 is 11.6 Å². The third kappa shape index (κ3) is 1.88. The van der Waals surface area contributed by atoms with Gasteiger partial charge in [-0.3, -0.25) is 0 Å². The van der Waals surface area contributed by atoms with Gasteiger partial charge in [-0.2, -0.15) is 0 Å². The Morgan fingerprint density at radius 3 is 2.45 bits per heavy atom. The van der Waals surface area contributed by atoms with E-state index in [4.69, 9.17) is 17.3 Å². The molecule has 1 nitrogen and oxygen atoms in total. The van der Waals surface area contributed by atoms with E-state index in [-0.39, 0.29) is 5.56 Å².